The van der Waals surface area contributed by atoms with E-state index in [1.807, 2.05) is 12.2 Å². The van der Waals surface area contributed by atoms with Gasteiger partial charge in [0.15, 0.2) is 0 Å². The van der Waals surface area contributed by atoms with Crippen LogP contribution < -0.4 is 10.0 Å². The van der Waals surface area contributed by atoms with Crippen molar-refractivity contribution in [2.75, 3.05) is 4.90 Å². The Kier molecular flexibility index (Phi) is 2.89. The van der Waals surface area contributed by atoms with Gasteiger partial charge in [0.1, 0.15) is 0 Å². The Hall–Kier alpha value is -2.43. The first-order valence-electron chi connectivity index (χ1n) is 6.44. The van der Waals surface area contributed by atoms with E-state index < -0.39 is 5.97 Å². The van der Waals surface area contributed by atoms with Crippen LogP contribution in [0.4, 0.5) is 5.69 Å². The first kappa shape index (κ1) is 12.6. The van der Waals surface area contributed by atoms with E-state index in [0.29, 0.717) is 12.8 Å². The number of carbonyl (C=O) groups is 3. The molecule has 5 heteroatoms. The van der Waals surface area contributed by atoms with Gasteiger partial charge in [-0.1, -0.05) is 30.4 Å². The van der Waals surface area contributed by atoms with Crippen molar-refractivity contribution < 1.29 is 19.5 Å². The van der Waals surface area contributed by atoms with Gasteiger partial charge in [-0.3, -0.25) is 9.59 Å². The van der Waals surface area contributed by atoms with Crippen molar-refractivity contribution in [2.24, 2.45) is 11.8 Å². The van der Waals surface area contributed by atoms with Gasteiger partial charge in [-0.25, -0.2) is 4.90 Å². The van der Waals surface area contributed by atoms with Gasteiger partial charge in [-0.2, -0.15) is 0 Å². The van der Waals surface area contributed by atoms with Crippen molar-refractivity contribution in [1.82, 2.24) is 0 Å². The van der Waals surface area contributed by atoms with Crippen LogP contribution in [-0.2, 0) is 9.59 Å². The Morgan fingerprint density at radius 3 is 2.15 bits per heavy atom. The largest absolute Gasteiger partial charge is 0.545 e. The van der Waals surface area contributed by atoms with Gasteiger partial charge in [0.05, 0.1) is 23.5 Å². The van der Waals surface area contributed by atoms with Crippen molar-refractivity contribution in [1.29, 1.82) is 0 Å². The van der Waals surface area contributed by atoms with E-state index in [-0.39, 0.29) is 34.9 Å². The standard InChI is InChI=1S/C15H13NO4/c17-13-9-5-1-2-6-10(9)14(18)16(13)12-8-4-3-7-11(12)15(19)20/h1-4,7-10H,5-6H2,(H,19,20)/p-1. The third-order valence-electron chi connectivity index (χ3n) is 3.87. The molecule has 1 aliphatic carbocycles. The lowest BCUT2D eigenvalue weighted by Crippen LogP contribution is -2.34. The quantitative estimate of drug-likeness (QED) is 0.579. The molecule has 1 saturated heterocycles. The summed E-state index contributed by atoms with van der Waals surface area (Å²) in [5.41, 5.74) is -0.0299. The molecule has 1 heterocycles. The number of anilines is 1. The second-order valence-electron chi connectivity index (χ2n) is 4.97. The first-order chi connectivity index (χ1) is 9.61. The molecule has 0 aromatic heterocycles. The fourth-order valence-corrected chi connectivity index (χ4v) is 2.88. The second-order valence-corrected chi connectivity index (χ2v) is 4.97. The number of benzene rings is 1. The minimum atomic E-state index is -1.39. The molecule has 1 fully saturated rings. The van der Waals surface area contributed by atoms with Gasteiger partial charge in [0.2, 0.25) is 11.8 Å². The lowest BCUT2D eigenvalue weighted by Gasteiger charge is -2.19. The second kappa shape index (κ2) is 4.59. The highest BCUT2D eigenvalue weighted by Crippen LogP contribution is 2.38. The van der Waals surface area contributed by atoms with Gasteiger partial charge in [0, 0.05) is 5.56 Å². The van der Waals surface area contributed by atoms with Gasteiger partial charge >= 0.3 is 0 Å². The van der Waals surface area contributed by atoms with Crippen molar-refractivity contribution in [3.8, 4) is 0 Å². The number of hydrogen-bond donors (Lipinski definition) is 0. The number of allylic oxidation sites excluding steroid dienone is 2. The van der Waals surface area contributed by atoms with Crippen LogP contribution in [0.1, 0.15) is 23.2 Å². The molecule has 0 bridgehead atoms. The number of aromatic carboxylic acids is 1. The highest BCUT2D eigenvalue weighted by Gasteiger charge is 2.48. The Morgan fingerprint density at radius 1 is 1.05 bits per heavy atom. The number of carbonyl (C=O) groups excluding carboxylic acids is 3. The summed E-state index contributed by atoms with van der Waals surface area (Å²) in [6, 6.07) is 5.94. The third kappa shape index (κ3) is 1.74. The third-order valence-corrected chi connectivity index (χ3v) is 3.87. The number of para-hydroxylation sites is 1. The fraction of sp³-hybridized carbons (Fsp3) is 0.267. The minimum absolute atomic E-state index is 0.108. The molecule has 0 N–H and O–H groups in total. The summed E-state index contributed by atoms with van der Waals surface area (Å²) >= 11 is 0. The average Bonchev–Trinajstić information content (AvgIpc) is 2.71. The van der Waals surface area contributed by atoms with E-state index in [1.54, 1.807) is 6.07 Å². The van der Waals surface area contributed by atoms with Crippen molar-refractivity contribution in [2.45, 2.75) is 12.8 Å². The number of nitrogens with zero attached hydrogens (tertiary/aromatic N) is 1. The van der Waals surface area contributed by atoms with E-state index in [0.717, 1.165) is 4.90 Å². The predicted molar refractivity (Wildman–Crippen MR) is 68.6 cm³/mol. The van der Waals surface area contributed by atoms with Crippen molar-refractivity contribution >= 4 is 23.5 Å². The molecule has 2 unspecified atom stereocenters. The molecule has 2 atom stereocenters. The fourth-order valence-electron chi connectivity index (χ4n) is 2.88. The van der Waals surface area contributed by atoms with Gasteiger partial charge in [-0.05, 0) is 18.9 Å². The number of fused-ring (bicyclic) bond motifs is 1. The summed E-state index contributed by atoms with van der Waals surface area (Å²) < 4.78 is 0. The zero-order valence-corrected chi connectivity index (χ0v) is 10.6. The molecule has 102 valence electrons. The smallest absolute Gasteiger partial charge is 0.238 e. The average molecular weight is 270 g/mol. The summed E-state index contributed by atoms with van der Waals surface area (Å²) in [6.45, 7) is 0. The number of carboxylic acid groups (broad SMARTS) is 1. The van der Waals surface area contributed by atoms with Crippen molar-refractivity contribution in [3.63, 3.8) is 0 Å². The highest BCUT2D eigenvalue weighted by molar-refractivity contribution is 6.23. The van der Waals surface area contributed by atoms with Crippen molar-refractivity contribution in [3.05, 3.63) is 42.0 Å². The number of carboxylic acids is 1. The molecule has 2 amide bonds. The van der Waals surface area contributed by atoms with Crippen LogP contribution in [0.3, 0.4) is 0 Å². The molecule has 1 aromatic carbocycles. The first-order valence-corrected chi connectivity index (χ1v) is 6.44. The van der Waals surface area contributed by atoms with Crippen LogP contribution in [0.15, 0.2) is 36.4 Å². The van der Waals surface area contributed by atoms with Crippen LogP contribution in [0.2, 0.25) is 0 Å². The summed E-state index contributed by atoms with van der Waals surface area (Å²) in [6.07, 6.45) is 4.83. The van der Waals surface area contributed by atoms with Crippen LogP contribution in [0.25, 0.3) is 0 Å². The minimum Gasteiger partial charge on any atom is -0.545 e. The lowest BCUT2D eigenvalue weighted by molar-refractivity contribution is -0.254. The Morgan fingerprint density at radius 2 is 1.60 bits per heavy atom. The number of hydrogen-bond acceptors (Lipinski definition) is 4. The topological polar surface area (TPSA) is 77.5 Å². The molecule has 1 aromatic rings. The molecule has 0 radical (unpaired) electrons. The van der Waals surface area contributed by atoms with Crippen LogP contribution in [-0.4, -0.2) is 17.8 Å². The van der Waals surface area contributed by atoms with Crippen LogP contribution in [0.5, 0.6) is 0 Å². The number of amides is 2. The van der Waals surface area contributed by atoms with E-state index >= 15 is 0 Å². The number of imide groups is 1. The molecule has 0 spiro atoms. The van der Waals surface area contributed by atoms with E-state index in [9.17, 15) is 19.5 Å². The maximum absolute atomic E-state index is 12.4. The molecule has 5 nitrogen and oxygen atoms in total. The predicted octanol–water partition coefficient (Wildman–Crippen LogP) is 0.506. The van der Waals surface area contributed by atoms with E-state index in [4.69, 9.17) is 0 Å². The zero-order chi connectivity index (χ0) is 14.3. The maximum atomic E-state index is 12.4. The summed E-state index contributed by atoms with van der Waals surface area (Å²) in [4.78, 5) is 36.9. The molecule has 3 rings (SSSR count). The summed E-state index contributed by atoms with van der Waals surface area (Å²) in [7, 11) is 0. The maximum Gasteiger partial charge on any atom is 0.238 e. The molecule has 20 heavy (non-hydrogen) atoms. The molecule has 0 saturated carbocycles. The Balaban J connectivity index is 2.06. The normalized spacial score (nSPS) is 24.9. The molecular weight excluding hydrogens is 258 g/mol. The number of rotatable bonds is 2. The lowest BCUT2D eigenvalue weighted by atomic mass is 9.85. The molecular formula is C15H12NO4-. The van der Waals surface area contributed by atoms with Gasteiger partial charge in [0.25, 0.3) is 0 Å². The highest BCUT2D eigenvalue weighted by atomic mass is 16.4. The Labute approximate surface area is 115 Å². The van der Waals surface area contributed by atoms with E-state index in [1.165, 1.54) is 18.2 Å². The van der Waals surface area contributed by atoms with Gasteiger partial charge in [-0.15, -0.1) is 0 Å². The molecule has 1 aliphatic heterocycles. The van der Waals surface area contributed by atoms with Crippen LogP contribution >= 0.6 is 0 Å². The van der Waals surface area contributed by atoms with Crippen LogP contribution in [0, 0.1) is 11.8 Å². The summed E-state index contributed by atoms with van der Waals surface area (Å²) in [5, 5.41) is 11.1. The Bertz CT molecular complexity index is 609. The SMILES string of the molecule is O=C([O-])c1ccccc1N1C(=O)C2CC=CCC2C1=O. The summed E-state index contributed by atoms with van der Waals surface area (Å²) in [5.74, 6) is -2.78. The molecule has 2 aliphatic rings. The zero-order valence-electron chi connectivity index (χ0n) is 10.6. The van der Waals surface area contributed by atoms with E-state index in [2.05, 4.69) is 0 Å². The monoisotopic (exact) mass is 270 g/mol. The van der Waals surface area contributed by atoms with Gasteiger partial charge < -0.3 is 9.90 Å².